The van der Waals surface area contributed by atoms with Crippen LogP contribution in [-0.4, -0.2) is 12.0 Å². The lowest BCUT2D eigenvalue weighted by molar-refractivity contribution is 0.594. The molecule has 2 heterocycles. The van der Waals surface area contributed by atoms with Gasteiger partial charge in [-0.15, -0.1) is 11.3 Å². The first-order valence-corrected chi connectivity index (χ1v) is 8.52. The molecule has 0 aromatic carbocycles. The molecule has 0 saturated heterocycles. The standard InChI is InChI=1S/C12H11Br3N2S/c1-16-10(11-5-9(14)12(15)18-11)4-8-3-2-7(13)6-17-8/h2-3,5-6,10,16H,4H2,1H3. The van der Waals surface area contributed by atoms with Crippen molar-refractivity contribution in [3.8, 4) is 0 Å². The quantitative estimate of drug-likeness (QED) is 0.708. The molecule has 2 aromatic heterocycles. The van der Waals surface area contributed by atoms with Gasteiger partial charge in [-0.1, -0.05) is 0 Å². The van der Waals surface area contributed by atoms with Gasteiger partial charge < -0.3 is 5.32 Å². The van der Waals surface area contributed by atoms with E-state index in [0.29, 0.717) is 0 Å². The van der Waals surface area contributed by atoms with Gasteiger partial charge in [-0.05, 0) is 73.0 Å². The van der Waals surface area contributed by atoms with Crippen LogP contribution in [0.2, 0.25) is 0 Å². The minimum Gasteiger partial charge on any atom is -0.312 e. The smallest absolute Gasteiger partial charge is 0.0843 e. The molecule has 2 aromatic rings. The molecule has 1 N–H and O–H groups in total. The first-order chi connectivity index (χ1) is 8.60. The number of nitrogens with zero attached hydrogens (tertiary/aromatic N) is 1. The van der Waals surface area contributed by atoms with Crippen LogP contribution in [0.4, 0.5) is 0 Å². The summed E-state index contributed by atoms with van der Waals surface area (Å²) < 4.78 is 3.24. The van der Waals surface area contributed by atoms with Crippen LogP contribution in [0.25, 0.3) is 0 Å². The third kappa shape index (κ3) is 3.63. The van der Waals surface area contributed by atoms with Crippen molar-refractivity contribution in [2.75, 3.05) is 7.05 Å². The monoisotopic (exact) mass is 452 g/mol. The number of rotatable bonds is 4. The van der Waals surface area contributed by atoms with E-state index in [9.17, 15) is 0 Å². The number of nitrogens with one attached hydrogen (secondary N) is 1. The van der Waals surface area contributed by atoms with E-state index in [1.165, 1.54) is 4.88 Å². The molecule has 1 atom stereocenters. The minimum atomic E-state index is 0.284. The molecule has 0 amide bonds. The summed E-state index contributed by atoms with van der Waals surface area (Å²) in [6.45, 7) is 0. The lowest BCUT2D eigenvalue weighted by Crippen LogP contribution is -2.18. The van der Waals surface area contributed by atoms with Crippen LogP contribution in [0, 0.1) is 0 Å². The normalized spacial score (nSPS) is 12.7. The summed E-state index contributed by atoms with van der Waals surface area (Å²) in [7, 11) is 1.98. The van der Waals surface area contributed by atoms with Gasteiger partial charge in [-0.25, -0.2) is 0 Å². The lowest BCUT2D eigenvalue weighted by atomic mass is 10.1. The number of hydrogen-bond acceptors (Lipinski definition) is 3. The molecule has 0 fully saturated rings. The Labute approximate surface area is 136 Å². The van der Waals surface area contributed by atoms with E-state index in [-0.39, 0.29) is 6.04 Å². The van der Waals surface area contributed by atoms with E-state index in [1.54, 1.807) is 11.3 Å². The summed E-state index contributed by atoms with van der Waals surface area (Å²) in [5.41, 5.74) is 1.08. The fourth-order valence-electron chi connectivity index (χ4n) is 1.62. The number of halogens is 3. The molecule has 2 nitrogen and oxygen atoms in total. The van der Waals surface area contributed by atoms with E-state index < -0.39 is 0 Å². The summed E-state index contributed by atoms with van der Waals surface area (Å²) in [5.74, 6) is 0. The van der Waals surface area contributed by atoms with Gasteiger partial charge in [-0.3, -0.25) is 4.98 Å². The zero-order chi connectivity index (χ0) is 13.1. The average Bonchev–Trinajstić information content (AvgIpc) is 2.69. The predicted molar refractivity (Wildman–Crippen MR) is 87.2 cm³/mol. The summed E-state index contributed by atoms with van der Waals surface area (Å²) in [5, 5.41) is 3.34. The van der Waals surface area contributed by atoms with E-state index in [1.807, 2.05) is 25.4 Å². The Bertz CT molecular complexity index is 505. The molecule has 0 bridgehead atoms. The second-order valence-corrected chi connectivity index (χ2v) is 7.96. The SMILES string of the molecule is CNC(Cc1ccc(Br)cn1)c1cc(Br)c(Br)s1. The minimum absolute atomic E-state index is 0.284. The van der Waals surface area contributed by atoms with Crippen molar-refractivity contribution in [1.82, 2.24) is 10.3 Å². The first kappa shape index (κ1) is 14.7. The second kappa shape index (κ2) is 6.61. The molecule has 0 aliphatic rings. The largest absolute Gasteiger partial charge is 0.312 e. The van der Waals surface area contributed by atoms with Crippen molar-refractivity contribution in [3.63, 3.8) is 0 Å². The number of aromatic nitrogens is 1. The summed E-state index contributed by atoms with van der Waals surface area (Å²) in [6, 6.07) is 6.50. The lowest BCUT2D eigenvalue weighted by Gasteiger charge is -2.13. The van der Waals surface area contributed by atoms with Gasteiger partial charge in [0.25, 0.3) is 0 Å². The molecule has 1 unspecified atom stereocenters. The molecule has 0 radical (unpaired) electrons. The third-order valence-electron chi connectivity index (χ3n) is 2.56. The van der Waals surface area contributed by atoms with Crippen LogP contribution in [0.5, 0.6) is 0 Å². The fraction of sp³-hybridized carbons (Fsp3) is 0.250. The molecule has 0 saturated carbocycles. The predicted octanol–water partition coefficient (Wildman–Crippen LogP) is 4.93. The molecule has 6 heteroatoms. The van der Waals surface area contributed by atoms with Gasteiger partial charge >= 0.3 is 0 Å². The Balaban J connectivity index is 2.16. The maximum absolute atomic E-state index is 4.42. The van der Waals surface area contributed by atoms with Crippen LogP contribution in [0.15, 0.2) is 37.1 Å². The van der Waals surface area contributed by atoms with E-state index in [2.05, 4.69) is 64.2 Å². The molecule has 2 rings (SSSR count). The van der Waals surface area contributed by atoms with Gasteiger partial charge in [0.1, 0.15) is 0 Å². The summed E-state index contributed by atoms with van der Waals surface area (Å²) in [6.07, 6.45) is 2.71. The Morgan fingerprint density at radius 1 is 1.33 bits per heavy atom. The highest BCUT2D eigenvalue weighted by atomic mass is 79.9. The molecule has 18 heavy (non-hydrogen) atoms. The van der Waals surface area contributed by atoms with Crippen molar-refractivity contribution in [1.29, 1.82) is 0 Å². The molecule has 96 valence electrons. The van der Waals surface area contributed by atoms with Crippen molar-refractivity contribution < 1.29 is 0 Å². The maximum Gasteiger partial charge on any atom is 0.0843 e. The Kier molecular flexibility index (Phi) is 5.38. The molecular formula is C12H11Br3N2S. The Morgan fingerprint density at radius 2 is 2.11 bits per heavy atom. The van der Waals surface area contributed by atoms with Crippen LogP contribution >= 0.6 is 59.1 Å². The summed E-state index contributed by atoms with van der Waals surface area (Å²) in [4.78, 5) is 5.71. The zero-order valence-electron chi connectivity index (χ0n) is 9.58. The van der Waals surface area contributed by atoms with E-state index in [0.717, 1.165) is 24.8 Å². The van der Waals surface area contributed by atoms with Crippen molar-refractivity contribution >= 4 is 59.1 Å². The average molecular weight is 455 g/mol. The van der Waals surface area contributed by atoms with Crippen LogP contribution < -0.4 is 5.32 Å². The van der Waals surface area contributed by atoms with Crippen LogP contribution in [-0.2, 0) is 6.42 Å². The highest BCUT2D eigenvalue weighted by molar-refractivity contribution is 9.13. The second-order valence-electron chi connectivity index (χ2n) is 3.78. The molecule has 0 spiro atoms. The maximum atomic E-state index is 4.42. The van der Waals surface area contributed by atoms with Crippen LogP contribution in [0.1, 0.15) is 16.6 Å². The number of hydrogen-bond donors (Lipinski definition) is 1. The number of thiophene rings is 1. The Hall–Kier alpha value is 0.250. The first-order valence-electron chi connectivity index (χ1n) is 5.32. The van der Waals surface area contributed by atoms with Crippen molar-refractivity contribution in [3.05, 3.63) is 47.7 Å². The fourth-order valence-corrected chi connectivity index (χ4v) is 4.05. The highest BCUT2D eigenvalue weighted by Crippen LogP contribution is 2.36. The van der Waals surface area contributed by atoms with Gasteiger partial charge in [0, 0.05) is 38.2 Å². The third-order valence-corrected chi connectivity index (χ3v) is 6.40. The molecule has 0 aliphatic heterocycles. The van der Waals surface area contributed by atoms with Crippen molar-refractivity contribution in [2.45, 2.75) is 12.5 Å². The van der Waals surface area contributed by atoms with Gasteiger partial charge in [0.2, 0.25) is 0 Å². The van der Waals surface area contributed by atoms with Crippen LogP contribution in [0.3, 0.4) is 0 Å². The van der Waals surface area contributed by atoms with E-state index >= 15 is 0 Å². The topological polar surface area (TPSA) is 24.9 Å². The van der Waals surface area contributed by atoms with E-state index in [4.69, 9.17) is 0 Å². The number of likely N-dealkylation sites (N-methyl/N-ethyl adjacent to an activating group) is 1. The summed E-state index contributed by atoms with van der Waals surface area (Å²) >= 11 is 12.2. The number of pyridine rings is 1. The molecular weight excluding hydrogens is 444 g/mol. The van der Waals surface area contributed by atoms with Crippen molar-refractivity contribution in [2.24, 2.45) is 0 Å². The highest BCUT2D eigenvalue weighted by Gasteiger charge is 2.15. The van der Waals surface area contributed by atoms with Gasteiger partial charge in [0.05, 0.1) is 3.79 Å². The van der Waals surface area contributed by atoms with Gasteiger partial charge in [0.15, 0.2) is 0 Å². The Morgan fingerprint density at radius 3 is 2.61 bits per heavy atom. The van der Waals surface area contributed by atoms with Gasteiger partial charge in [-0.2, -0.15) is 0 Å². The zero-order valence-corrected chi connectivity index (χ0v) is 15.2. The molecule has 0 aliphatic carbocycles.